The van der Waals surface area contributed by atoms with Crippen LogP contribution in [0.25, 0.3) is 66.1 Å². The number of rotatable bonds is 6. The quantitative estimate of drug-likeness (QED) is 0.115. The van der Waals surface area contributed by atoms with Gasteiger partial charge in [0.25, 0.3) is 0 Å². The molecule has 0 amide bonds. The molecule has 68 heavy (non-hydrogen) atoms. The van der Waals surface area contributed by atoms with Crippen molar-refractivity contribution in [1.82, 2.24) is 0 Å². The van der Waals surface area contributed by atoms with Crippen LogP contribution in [0.1, 0.15) is 130 Å². The van der Waals surface area contributed by atoms with Gasteiger partial charge in [-0.2, -0.15) is 12.1 Å². The molecule has 8 rings (SSSR count). The van der Waals surface area contributed by atoms with Gasteiger partial charge in [-0.3, -0.25) is 0 Å². The van der Waals surface area contributed by atoms with Crippen LogP contribution in [0.5, 0.6) is 0 Å². The van der Waals surface area contributed by atoms with Crippen LogP contribution < -0.4 is 24.8 Å². The summed E-state index contributed by atoms with van der Waals surface area (Å²) in [6.45, 7) is 36.3. The fourth-order valence-corrected chi connectivity index (χ4v) is 8.73. The molecule has 0 aliphatic carbocycles. The second-order valence-corrected chi connectivity index (χ2v) is 32.1. The van der Waals surface area contributed by atoms with E-state index < -0.39 is 0 Å². The molecule has 0 aromatic heterocycles. The Morgan fingerprint density at radius 3 is 0.779 bits per heavy atom. The van der Waals surface area contributed by atoms with Crippen molar-refractivity contribution >= 4 is 27.0 Å². The molecular weight excluding hydrogens is 959 g/mol. The molecule has 0 saturated heterocycles. The number of aryl methyl sites for hydroxylation is 2. The molecule has 0 fully saturated rings. The van der Waals surface area contributed by atoms with Gasteiger partial charge in [0.05, 0.1) is 0 Å². The Morgan fingerprint density at radius 2 is 0.574 bits per heavy atom. The Bertz CT molecular complexity index is 2510. The first-order valence-electron chi connectivity index (χ1n) is 24.3. The Kier molecular flexibility index (Phi) is 19.2. The Balaban J connectivity index is 0.000000268. The molecule has 0 radical (unpaired) electrons. The van der Waals surface area contributed by atoms with Crippen molar-refractivity contribution in [1.29, 1.82) is 0 Å². The molecule has 4 heteroatoms. The summed E-state index contributed by atoms with van der Waals surface area (Å²) >= 11 is 1.74. The van der Waals surface area contributed by atoms with Crippen LogP contribution in [0.3, 0.4) is 0 Å². The van der Waals surface area contributed by atoms with Crippen LogP contribution in [-0.4, -0.2) is 5.43 Å². The van der Waals surface area contributed by atoms with Gasteiger partial charge in [-0.1, -0.05) is 252 Å². The fraction of sp³-hybridized carbons (Fsp3) is 0.344. The van der Waals surface area contributed by atoms with E-state index in [4.69, 9.17) is 0 Å². The summed E-state index contributed by atoms with van der Waals surface area (Å²) in [5, 5.41) is 5.44. The van der Waals surface area contributed by atoms with Crippen LogP contribution in [0.4, 0.5) is 0 Å². The summed E-state index contributed by atoms with van der Waals surface area (Å²) in [4.78, 5) is 0. The van der Waals surface area contributed by atoms with Gasteiger partial charge in [-0.05, 0) is 67.9 Å². The molecule has 0 N–H and O–H groups in total. The largest absolute Gasteiger partial charge is 1.00 e. The third kappa shape index (κ3) is 13.8. The van der Waals surface area contributed by atoms with Gasteiger partial charge < -0.3 is 24.8 Å². The summed E-state index contributed by atoms with van der Waals surface area (Å²) in [6.07, 6.45) is 2.11. The maximum Gasteiger partial charge on any atom is -1.00 e. The smallest absolute Gasteiger partial charge is 1.00 e. The predicted molar refractivity (Wildman–Crippen MR) is 292 cm³/mol. The second kappa shape index (κ2) is 23.0. The maximum atomic E-state index is 2.38. The van der Waals surface area contributed by atoms with E-state index in [1.165, 1.54) is 99.4 Å². The molecule has 0 aliphatic rings. The van der Waals surface area contributed by atoms with Gasteiger partial charge in [-0.25, -0.2) is 0 Å². The molecule has 0 aliphatic heterocycles. The van der Waals surface area contributed by atoms with E-state index in [-0.39, 0.29) is 51.9 Å². The molecule has 0 unspecified atom stereocenters. The maximum absolute atomic E-state index is 2.38. The molecule has 0 heterocycles. The van der Waals surface area contributed by atoms with E-state index in [0.717, 1.165) is 12.8 Å². The summed E-state index contributed by atoms with van der Waals surface area (Å²) in [6, 6.07) is 55.3. The Labute approximate surface area is 439 Å². The average molecular weight is 1040 g/mol. The molecule has 0 spiro atoms. The van der Waals surface area contributed by atoms with Crippen LogP contribution in [0.2, 0.25) is 13.1 Å². The van der Waals surface area contributed by atoms with Crippen molar-refractivity contribution in [3.63, 3.8) is 0 Å². The van der Waals surface area contributed by atoms with E-state index in [9.17, 15) is 0 Å². The Morgan fingerprint density at radius 1 is 0.368 bits per heavy atom. The molecule has 8 aromatic carbocycles. The zero-order chi connectivity index (χ0) is 48.4. The molecule has 0 bridgehead atoms. The van der Waals surface area contributed by atoms with Crippen molar-refractivity contribution in [2.45, 2.75) is 145 Å². The topological polar surface area (TPSA) is 0 Å². The molecule has 0 nitrogen and oxygen atoms in total. The van der Waals surface area contributed by atoms with E-state index in [1.807, 2.05) is 0 Å². The molecule has 8 aromatic rings. The Hall–Kier alpha value is -3.78. The standard InChI is InChI=1S/2C31H35.C2H6Si.2ClH.Zr/c2*1-8-21-19-28-26(22-9-13-24(14-10-22)30(2,3)4)17-18-27(29(28)20-21)23-11-15-25(16-12-23)31(5,6)7;1-3-2;;;/h2*9-20H,8H2,1-7H3;1-2H3;2*1H;/q2*-1;;;;+2/p-2. The van der Waals surface area contributed by atoms with E-state index in [2.05, 4.69) is 256 Å². The van der Waals surface area contributed by atoms with Crippen LogP contribution in [0.15, 0.2) is 146 Å². The van der Waals surface area contributed by atoms with Gasteiger partial charge >= 0.3 is 41.9 Å². The van der Waals surface area contributed by atoms with Gasteiger partial charge in [0.15, 0.2) is 0 Å². The number of hydrogen-bond acceptors (Lipinski definition) is 0. The monoisotopic (exact) mass is 1030 g/mol. The van der Waals surface area contributed by atoms with E-state index in [0.29, 0.717) is 0 Å². The summed E-state index contributed by atoms with van der Waals surface area (Å²) < 4.78 is 0. The SMILES string of the molecule is CCc1cc2c(-c3ccc(C(C)(C)C)cc3)ccc(-c3ccc(C(C)(C)C)cc3)c2[cH-]1.CCc1cc2c(-c3ccc(C(C)(C)C)cc3)ccc(-c3ccc(C(C)(C)C)cc3)c2[cH-]1.C[Si](C)=[Zr+2].[Cl-].[Cl-]. The van der Waals surface area contributed by atoms with Gasteiger partial charge in [0, 0.05) is 0 Å². The molecule has 0 atom stereocenters. The van der Waals surface area contributed by atoms with Gasteiger partial charge in [0.1, 0.15) is 0 Å². The number of halogens is 2. The van der Waals surface area contributed by atoms with E-state index in [1.54, 1.807) is 23.3 Å². The first-order chi connectivity index (χ1) is 30.9. The average Bonchev–Trinajstić information content (AvgIpc) is 3.90. The zero-order valence-electron chi connectivity index (χ0n) is 44.0. The fourth-order valence-electron chi connectivity index (χ4n) is 8.73. The van der Waals surface area contributed by atoms with Gasteiger partial charge in [-0.15, -0.1) is 44.8 Å². The second-order valence-electron chi connectivity index (χ2n) is 22.7. The van der Waals surface area contributed by atoms with Gasteiger partial charge in [0.2, 0.25) is 0 Å². The van der Waals surface area contributed by atoms with Crippen molar-refractivity contribution in [3.05, 3.63) is 179 Å². The summed E-state index contributed by atoms with van der Waals surface area (Å²) in [5.74, 6) is 0. The third-order valence-electron chi connectivity index (χ3n) is 13.0. The minimum atomic E-state index is 0. The van der Waals surface area contributed by atoms with Crippen LogP contribution in [0, 0.1) is 0 Å². The summed E-state index contributed by atoms with van der Waals surface area (Å²) in [7, 11) is 0. The number of fused-ring (bicyclic) bond motifs is 2. The predicted octanol–water partition coefficient (Wildman–Crippen LogP) is 12.9. The third-order valence-corrected chi connectivity index (χ3v) is 13.0. The minimum Gasteiger partial charge on any atom is -1.00 e. The normalized spacial score (nSPS) is 11.8. The summed E-state index contributed by atoms with van der Waals surface area (Å²) in [5.41, 5.74) is 19.7. The van der Waals surface area contributed by atoms with Crippen LogP contribution >= 0.6 is 0 Å². The van der Waals surface area contributed by atoms with E-state index >= 15 is 0 Å². The molecular formula is C64H76Cl2SiZr-2. The van der Waals surface area contributed by atoms with Crippen molar-refractivity contribution in [3.8, 4) is 44.5 Å². The van der Waals surface area contributed by atoms with Crippen molar-refractivity contribution in [2.24, 2.45) is 0 Å². The first kappa shape index (κ1) is 56.8. The van der Waals surface area contributed by atoms with Crippen molar-refractivity contribution in [2.75, 3.05) is 0 Å². The zero-order valence-corrected chi connectivity index (χ0v) is 49.0. The van der Waals surface area contributed by atoms with Crippen molar-refractivity contribution < 1.29 is 48.1 Å². The molecule has 356 valence electrons. The number of hydrogen-bond donors (Lipinski definition) is 0. The first-order valence-corrected chi connectivity index (χ1v) is 30.5. The minimum absolute atomic E-state index is 0. The van der Waals surface area contributed by atoms with Crippen LogP contribution in [-0.2, 0) is 57.8 Å². The number of benzene rings is 6. The molecule has 0 saturated carbocycles.